The van der Waals surface area contributed by atoms with Crippen molar-refractivity contribution >= 4 is 35.1 Å². The Hall–Kier alpha value is -1.46. The minimum atomic E-state index is -0.826. The van der Waals surface area contributed by atoms with Crippen LogP contribution in [-0.2, 0) is 14.3 Å². The molecule has 0 saturated heterocycles. The third kappa shape index (κ3) is 6.28. The molecule has 0 aliphatic carbocycles. The van der Waals surface area contributed by atoms with Crippen LogP contribution in [0.4, 0.5) is 0 Å². The van der Waals surface area contributed by atoms with Crippen LogP contribution in [0.25, 0.3) is 0 Å². The predicted octanol–water partition coefficient (Wildman–Crippen LogP) is 3.46. The number of methoxy groups -OCH3 is 1. The molecule has 128 valence electrons. The van der Waals surface area contributed by atoms with Crippen molar-refractivity contribution in [3.8, 4) is 5.75 Å². The highest BCUT2D eigenvalue weighted by atomic mass is 35.5. The summed E-state index contributed by atoms with van der Waals surface area (Å²) in [5.74, 6) is -0.339. The van der Waals surface area contributed by atoms with Crippen LogP contribution >= 0.6 is 23.2 Å². The van der Waals surface area contributed by atoms with Crippen LogP contribution in [0.5, 0.6) is 5.75 Å². The minimum Gasteiger partial charge on any atom is -0.479 e. The number of amides is 1. The Bertz CT molecular complexity index is 563. The molecule has 1 N–H and O–H groups in total. The number of carbonyl (C=O) groups excluding carboxylic acids is 2. The van der Waals surface area contributed by atoms with E-state index in [0.29, 0.717) is 22.2 Å². The molecule has 0 aliphatic rings. The monoisotopic (exact) mass is 361 g/mol. The summed E-state index contributed by atoms with van der Waals surface area (Å²) < 4.78 is 10.2. The lowest BCUT2D eigenvalue weighted by atomic mass is 10.0. The van der Waals surface area contributed by atoms with Gasteiger partial charge in [0.15, 0.2) is 6.10 Å². The third-order valence-corrected chi connectivity index (χ3v) is 3.61. The van der Waals surface area contributed by atoms with Gasteiger partial charge >= 0.3 is 5.97 Å². The van der Waals surface area contributed by atoms with Gasteiger partial charge in [-0.1, -0.05) is 37.0 Å². The number of halogens is 2. The lowest BCUT2D eigenvalue weighted by Crippen LogP contribution is -2.47. The van der Waals surface area contributed by atoms with Crippen LogP contribution in [0.2, 0.25) is 10.0 Å². The highest BCUT2D eigenvalue weighted by molar-refractivity contribution is 6.35. The molecule has 7 heteroatoms. The summed E-state index contributed by atoms with van der Waals surface area (Å²) >= 11 is 11.8. The van der Waals surface area contributed by atoms with Crippen LogP contribution < -0.4 is 10.1 Å². The molecule has 2 atom stereocenters. The molecular weight excluding hydrogens is 341 g/mol. The van der Waals surface area contributed by atoms with Crippen LogP contribution in [-0.4, -0.2) is 31.1 Å². The normalized spacial score (nSPS) is 13.3. The maximum Gasteiger partial charge on any atom is 0.328 e. The van der Waals surface area contributed by atoms with E-state index in [9.17, 15) is 9.59 Å². The second-order valence-electron chi connectivity index (χ2n) is 5.55. The number of nitrogens with one attached hydrogen (secondary N) is 1. The fraction of sp³-hybridized carbons (Fsp3) is 0.500. The molecule has 1 aromatic rings. The molecule has 0 bridgehead atoms. The second-order valence-corrected chi connectivity index (χ2v) is 6.39. The molecule has 0 unspecified atom stereocenters. The van der Waals surface area contributed by atoms with E-state index in [1.165, 1.54) is 13.2 Å². The zero-order valence-corrected chi connectivity index (χ0v) is 15.1. The fourth-order valence-corrected chi connectivity index (χ4v) is 2.38. The zero-order chi connectivity index (χ0) is 17.6. The number of carbonyl (C=O) groups is 2. The fourth-order valence-electron chi connectivity index (χ4n) is 1.93. The van der Waals surface area contributed by atoms with Gasteiger partial charge in [-0.05, 0) is 37.5 Å². The molecule has 5 nitrogen and oxygen atoms in total. The van der Waals surface area contributed by atoms with Crippen molar-refractivity contribution in [3.05, 3.63) is 28.2 Å². The number of benzene rings is 1. The van der Waals surface area contributed by atoms with Gasteiger partial charge in [-0.15, -0.1) is 0 Å². The largest absolute Gasteiger partial charge is 0.479 e. The Morgan fingerprint density at radius 3 is 2.39 bits per heavy atom. The van der Waals surface area contributed by atoms with Gasteiger partial charge in [0.2, 0.25) is 0 Å². The predicted molar refractivity (Wildman–Crippen MR) is 90.0 cm³/mol. The van der Waals surface area contributed by atoms with Crippen LogP contribution in [0, 0.1) is 5.92 Å². The van der Waals surface area contributed by atoms with Gasteiger partial charge in [0.05, 0.1) is 12.1 Å². The first-order valence-corrected chi connectivity index (χ1v) is 8.00. The molecule has 0 heterocycles. The Labute approximate surface area is 146 Å². The van der Waals surface area contributed by atoms with Crippen molar-refractivity contribution in [2.75, 3.05) is 7.11 Å². The molecule has 0 fully saturated rings. The highest BCUT2D eigenvalue weighted by Crippen LogP contribution is 2.28. The zero-order valence-electron chi connectivity index (χ0n) is 13.6. The van der Waals surface area contributed by atoms with E-state index in [0.717, 1.165) is 0 Å². The smallest absolute Gasteiger partial charge is 0.328 e. The Morgan fingerprint density at radius 2 is 1.87 bits per heavy atom. The van der Waals surface area contributed by atoms with Crippen molar-refractivity contribution in [3.63, 3.8) is 0 Å². The molecule has 0 aromatic heterocycles. The van der Waals surface area contributed by atoms with Crippen LogP contribution in [0.15, 0.2) is 18.2 Å². The summed E-state index contributed by atoms with van der Waals surface area (Å²) in [5, 5.41) is 3.43. The number of hydrogen-bond donors (Lipinski definition) is 1. The minimum absolute atomic E-state index is 0.223. The van der Waals surface area contributed by atoms with E-state index in [-0.39, 0.29) is 5.92 Å². The standard InChI is InChI=1S/C16H21Cl2NO4/c1-9(2)7-13(16(21)22-4)19-15(20)10(3)23-14-6-5-11(17)8-12(14)18/h5-6,8-10,13H,7H2,1-4H3,(H,19,20)/t10-,13+/m1/s1. The van der Waals surface area contributed by atoms with E-state index < -0.39 is 24.0 Å². The maximum absolute atomic E-state index is 12.2. The summed E-state index contributed by atoms with van der Waals surface area (Å²) in [6.45, 7) is 5.48. The summed E-state index contributed by atoms with van der Waals surface area (Å²) in [5.41, 5.74) is 0. The van der Waals surface area contributed by atoms with Gasteiger partial charge in [0, 0.05) is 5.02 Å². The van der Waals surface area contributed by atoms with Gasteiger partial charge in [0.25, 0.3) is 5.91 Å². The van der Waals surface area contributed by atoms with Crippen molar-refractivity contribution in [2.24, 2.45) is 5.92 Å². The van der Waals surface area contributed by atoms with E-state index in [1.807, 2.05) is 13.8 Å². The van der Waals surface area contributed by atoms with E-state index in [1.54, 1.807) is 19.1 Å². The first-order valence-electron chi connectivity index (χ1n) is 7.24. The summed E-state index contributed by atoms with van der Waals surface area (Å²) in [6.07, 6.45) is -0.347. The molecule has 0 radical (unpaired) electrons. The number of rotatable bonds is 7. The topological polar surface area (TPSA) is 64.6 Å². The SMILES string of the molecule is COC(=O)[C@H](CC(C)C)NC(=O)[C@@H](C)Oc1ccc(Cl)cc1Cl. The van der Waals surface area contributed by atoms with Crippen molar-refractivity contribution in [1.82, 2.24) is 5.32 Å². The van der Waals surface area contributed by atoms with Gasteiger partial charge in [0.1, 0.15) is 11.8 Å². The number of hydrogen-bond acceptors (Lipinski definition) is 4. The molecule has 1 amide bonds. The van der Waals surface area contributed by atoms with Gasteiger partial charge in [-0.25, -0.2) is 4.79 Å². The first-order chi connectivity index (χ1) is 10.7. The second kappa shape index (κ2) is 8.99. The number of ether oxygens (including phenoxy) is 2. The molecule has 1 aromatic carbocycles. The quantitative estimate of drug-likeness (QED) is 0.755. The average molecular weight is 362 g/mol. The average Bonchev–Trinajstić information content (AvgIpc) is 2.47. The van der Waals surface area contributed by atoms with E-state index in [2.05, 4.69) is 5.32 Å². The summed E-state index contributed by atoms with van der Waals surface area (Å²) in [7, 11) is 1.29. The maximum atomic E-state index is 12.2. The lowest BCUT2D eigenvalue weighted by molar-refractivity contribution is -0.146. The summed E-state index contributed by atoms with van der Waals surface area (Å²) in [4.78, 5) is 24.0. The first kappa shape index (κ1) is 19.6. The van der Waals surface area contributed by atoms with Crippen molar-refractivity contribution in [2.45, 2.75) is 39.3 Å². The molecule has 0 aliphatic heterocycles. The van der Waals surface area contributed by atoms with Gasteiger partial charge < -0.3 is 14.8 Å². The molecule has 0 saturated carbocycles. The van der Waals surface area contributed by atoms with E-state index in [4.69, 9.17) is 32.7 Å². The molecular formula is C16H21Cl2NO4. The third-order valence-electron chi connectivity index (χ3n) is 3.08. The van der Waals surface area contributed by atoms with E-state index >= 15 is 0 Å². The lowest BCUT2D eigenvalue weighted by Gasteiger charge is -2.21. The van der Waals surface area contributed by atoms with Crippen LogP contribution in [0.1, 0.15) is 27.2 Å². The van der Waals surface area contributed by atoms with Crippen molar-refractivity contribution in [1.29, 1.82) is 0 Å². The molecule has 1 rings (SSSR count). The van der Waals surface area contributed by atoms with Gasteiger partial charge in [-0.3, -0.25) is 4.79 Å². The molecule has 23 heavy (non-hydrogen) atoms. The summed E-state index contributed by atoms with van der Waals surface area (Å²) in [6, 6.07) is 4.02. The number of esters is 1. The Morgan fingerprint density at radius 1 is 1.22 bits per heavy atom. The van der Waals surface area contributed by atoms with Crippen molar-refractivity contribution < 1.29 is 19.1 Å². The Kier molecular flexibility index (Phi) is 7.65. The van der Waals surface area contributed by atoms with Gasteiger partial charge in [-0.2, -0.15) is 0 Å². The Balaban J connectivity index is 2.72. The van der Waals surface area contributed by atoms with Crippen LogP contribution in [0.3, 0.4) is 0 Å². The highest BCUT2D eigenvalue weighted by Gasteiger charge is 2.26. The molecule has 0 spiro atoms.